The lowest BCUT2D eigenvalue weighted by atomic mass is 9.70. The second kappa shape index (κ2) is 16.5. The topological polar surface area (TPSA) is 135 Å². The van der Waals surface area contributed by atoms with E-state index in [1.54, 1.807) is 17.1 Å². The van der Waals surface area contributed by atoms with Gasteiger partial charge in [0.05, 0.1) is 30.6 Å². The van der Waals surface area contributed by atoms with Crippen LogP contribution in [0.2, 0.25) is 0 Å². The van der Waals surface area contributed by atoms with E-state index in [1.807, 2.05) is 37.3 Å². The van der Waals surface area contributed by atoms with Gasteiger partial charge in [0.25, 0.3) is 0 Å². The quantitative estimate of drug-likeness (QED) is 0.172. The Labute approximate surface area is 278 Å². The number of aliphatic hydroxyl groups is 1. The Bertz CT molecular complexity index is 1270. The molecule has 3 aliphatic heterocycles. The SMILES string of the molecule is C=CCCC(=O)N[C@@H](COC)[C@@H](OC(=O)[C@@H]1[C@@H]2CC[C@]3(O2)[C@H](C(=O)N(CC=C)C(C)CCC)N(CCCO)C(=O)[C@@H]13)c1ccccc1. The van der Waals surface area contributed by atoms with E-state index in [2.05, 4.69) is 25.4 Å². The third kappa shape index (κ3) is 7.47. The fourth-order valence-electron chi connectivity index (χ4n) is 7.66. The second-order valence-corrected chi connectivity index (χ2v) is 12.8. The number of carbonyl (C=O) groups is 4. The molecule has 0 aromatic heterocycles. The van der Waals surface area contributed by atoms with Gasteiger partial charge in [-0.2, -0.15) is 0 Å². The van der Waals surface area contributed by atoms with Gasteiger partial charge >= 0.3 is 5.97 Å². The van der Waals surface area contributed by atoms with Gasteiger partial charge in [-0.25, -0.2) is 0 Å². The third-order valence-corrected chi connectivity index (χ3v) is 9.72. The van der Waals surface area contributed by atoms with Crippen molar-refractivity contribution in [3.05, 3.63) is 61.2 Å². The number of nitrogens with one attached hydrogen (secondary N) is 1. The molecule has 3 amide bonds. The number of nitrogens with zero attached hydrogens (tertiary/aromatic N) is 2. The van der Waals surface area contributed by atoms with Gasteiger partial charge in [-0.15, -0.1) is 13.2 Å². The number of fused-ring (bicyclic) bond motifs is 1. The average molecular weight is 654 g/mol. The summed E-state index contributed by atoms with van der Waals surface area (Å²) in [6.07, 6.45) is 5.40. The second-order valence-electron chi connectivity index (χ2n) is 12.8. The molecule has 1 aromatic rings. The molecule has 1 unspecified atom stereocenters. The van der Waals surface area contributed by atoms with Gasteiger partial charge in [0, 0.05) is 39.3 Å². The van der Waals surface area contributed by atoms with Gasteiger partial charge < -0.3 is 34.4 Å². The largest absolute Gasteiger partial charge is 0.455 e. The summed E-state index contributed by atoms with van der Waals surface area (Å²) < 4.78 is 18.3. The van der Waals surface area contributed by atoms with Gasteiger partial charge in [0.1, 0.15) is 17.7 Å². The standard InChI is InChI=1S/C36H51N3O8/c1-6-9-17-28(41)37-26(23-45-5)31(25-15-11-10-12-16-25)46-35(44)29-27-18-19-36(47-27)30(29)33(42)39(21-13-22-40)32(36)34(43)38(20-8-3)24(4)14-7-2/h6,8,10-12,15-16,24,26-27,29-32,40H,1,3,7,9,13-14,17-23H2,2,4-5H3,(H,37,41)/t24?,26-,27-,29+,30+,31-,32-,36+/m0/s1. The minimum atomic E-state index is -1.20. The Morgan fingerprint density at radius 3 is 2.62 bits per heavy atom. The number of allylic oxidation sites excluding steroid dienone is 1. The summed E-state index contributed by atoms with van der Waals surface area (Å²) in [6.45, 7) is 12.0. The molecule has 11 nitrogen and oxygen atoms in total. The first-order valence-corrected chi connectivity index (χ1v) is 16.8. The zero-order valence-corrected chi connectivity index (χ0v) is 28.0. The van der Waals surface area contributed by atoms with Crippen LogP contribution in [0.3, 0.4) is 0 Å². The fraction of sp³-hybridized carbons (Fsp3) is 0.611. The summed E-state index contributed by atoms with van der Waals surface area (Å²) in [5, 5.41) is 12.6. The number of hydrogen-bond donors (Lipinski definition) is 2. The van der Waals surface area contributed by atoms with Crippen LogP contribution in [-0.2, 0) is 33.4 Å². The Kier molecular flexibility index (Phi) is 12.8. The van der Waals surface area contributed by atoms with Gasteiger partial charge in [-0.1, -0.05) is 55.8 Å². The molecule has 1 spiro atoms. The number of benzene rings is 1. The van der Waals surface area contributed by atoms with Crippen molar-refractivity contribution in [2.24, 2.45) is 11.8 Å². The molecule has 3 heterocycles. The van der Waals surface area contributed by atoms with E-state index in [4.69, 9.17) is 14.2 Å². The maximum atomic E-state index is 14.4. The molecule has 3 aliphatic rings. The van der Waals surface area contributed by atoms with E-state index in [9.17, 15) is 24.3 Å². The predicted molar refractivity (Wildman–Crippen MR) is 176 cm³/mol. The maximum Gasteiger partial charge on any atom is 0.313 e. The normalized spacial score (nSPS) is 26.3. The molecule has 47 heavy (non-hydrogen) atoms. The molecule has 0 radical (unpaired) electrons. The van der Waals surface area contributed by atoms with Crippen molar-refractivity contribution in [2.75, 3.05) is 33.4 Å². The van der Waals surface area contributed by atoms with Gasteiger partial charge in [-0.05, 0) is 44.6 Å². The van der Waals surface area contributed by atoms with Crippen LogP contribution in [-0.4, -0.2) is 102 Å². The van der Waals surface area contributed by atoms with Crippen LogP contribution in [0, 0.1) is 11.8 Å². The van der Waals surface area contributed by atoms with Crippen molar-refractivity contribution in [1.82, 2.24) is 15.1 Å². The highest BCUT2D eigenvalue weighted by Crippen LogP contribution is 2.59. The summed E-state index contributed by atoms with van der Waals surface area (Å²) in [5.41, 5.74) is -0.540. The van der Waals surface area contributed by atoms with E-state index in [0.29, 0.717) is 31.4 Å². The Hall–Kier alpha value is -3.54. The van der Waals surface area contributed by atoms with E-state index in [0.717, 1.165) is 12.8 Å². The third-order valence-electron chi connectivity index (χ3n) is 9.72. The first-order chi connectivity index (χ1) is 22.7. The van der Waals surface area contributed by atoms with E-state index in [1.165, 1.54) is 12.0 Å². The summed E-state index contributed by atoms with van der Waals surface area (Å²) in [7, 11) is 1.51. The van der Waals surface area contributed by atoms with E-state index >= 15 is 0 Å². The summed E-state index contributed by atoms with van der Waals surface area (Å²) in [6, 6.07) is 7.36. The number of amides is 3. The van der Waals surface area contributed by atoms with Crippen LogP contribution >= 0.6 is 0 Å². The predicted octanol–water partition coefficient (Wildman–Crippen LogP) is 3.33. The zero-order valence-electron chi connectivity index (χ0n) is 28.0. The van der Waals surface area contributed by atoms with E-state index in [-0.39, 0.29) is 56.4 Å². The van der Waals surface area contributed by atoms with Gasteiger partial charge in [-0.3, -0.25) is 19.2 Å². The molecule has 258 valence electrons. The van der Waals surface area contributed by atoms with Crippen molar-refractivity contribution in [3.8, 4) is 0 Å². The molecule has 3 saturated heterocycles. The number of ether oxygens (including phenoxy) is 3. The number of methoxy groups -OCH3 is 1. The van der Waals surface area contributed by atoms with Crippen LogP contribution < -0.4 is 5.32 Å². The van der Waals surface area contributed by atoms with Crippen molar-refractivity contribution < 1.29 is 38.5 Å². The summed E-state index contributed by atoms with van der Waals surface area (Å²) in [4.78, 5) is 59.1. The van der Waals surface area contributed by atoms with Crippen LogP contribution in [0.15, 0.2) is 55.6 Å². The molecule has 2 bridgehead atoms. The smallest absolute Gasteiger partial charge is 0.313 e. The van der Waals surface area contributed by atoms with Crippen LogP contribution in [0.25, 0.3) is 0 Å². The fourth-order valence-corrected chi connectivity index (χ4v) is 7.66. The van der Waals surface area contributed by atoms with Crippen molar-refractivity contribution in [3.63, 3.8) is 0 Å². The first kappa shape index (κ1) is 36.3. The molecule has 1 aromatic carbocycles. The number of carbonyl (C=O) groups excluding carboxylic acids is 4. The summed E-state index contributed by atoms with van der Waals surface area (Å²) in [5.74, 6) is -3.31. The van der Waals surface area contributed by atoms with Crippen molar-refractivity contribution in [1.29, 1.82) is 0 Å². The lowest BCUT2D eigenvalue weighted by Gasteiger charge is -2.39. The first-order valence-electron chi connectivity index (χ1n) is 16.8. The lowest BCUT2D eigenvalue weighted by molar-refractivity contribution is -0.163. The monoisotopic (exact) mass is 653 g/mol. The van der Waals surface area contributed by atoms with Crippen molar-refractivity contribution in [2.45, 2.75) is 94.7 Å². The zero-order chi connectivity index (χ0) is 34.1. The van der Waals surface area contributed by atoms with E-state index < -0.39 is 47.7 Å². The molecule has 8 atom stereocenters. The molecule has 4 rings (SSSR count). The highest BCUT2D eigenvalue weighted by Gasteiger charge is 2.75. The summed E-state index contributed by atoms with van der Waals surface area (Å²) >= 11 is 0. The molecule has 3 fully saturated rings. The van der Waals surface area contributed by atoms with Crippen LogP contribution in [0.5, 0.6) is 0 Å². The Morgan fingerprint density at radius 1 is 1.23 bits per heavy atom. The lowest BCUT2D eigenvalue weighted by Crippen LogP contribution is -2.58. The number of hydrogen-bond acceptors (Lipinski definition) is 8. The minimum absolute atomic E-state index is 0.0736. The number of rotatable bonds is 19. The minimum Gasteiger partial charge on any atom is -0.455 e. The van der Waals surface area contributed by atoms with Gasteiger partial charge in [0.15, 0.2) is 0 Å². The number of aliphatic hydroxyl groups excluding tert-OH is 1. The van der Waals surface area contributed by atoms with Crippen LogP contribution in [0.1, 0.15) is 70.5 Å². The molecule has 2 N–H and O–H groups in total. The van der Waals surface area contributed by atoms with Gasteiger partial charge in [0.2, 0.25) is 17.7 Å². The molecule has 0 aliphatic carbocycles. The molecule has 0 saturated carbocycles. The molecular formula is C36H51N3O8. The number of likely N-dealkylation sites (tertiary alicyclic amines) is 1. The molecule has 11 heteroatoms. The Morgan fingerprint density at radius 2 is 1.98 bits per heavy atom. The molecular weight excluding hydrogens is 602 g/mol. The van der Waals surface area contributed by atoms with Crippen LogP contribution in [0.4, 0.5) is 0 Å². The highest BCUT2D eigenvalue weighted by molar-refractivity contribution is 5.98. The Balaban J connectivity index is 1.68. The van der Waals surface area contributed by atoms with Crippen molar-refractivity contribution >= 4 is 23.7 Å². The maximum absolute atomic E-state index is 14.4. The average Bonchev–Trinajstić information content (AvgIpc) is 3.71. The highest BCUT2D eigenvalue weighted by atomic mass is 16.6. The number of esters is 1.